The minimum absolute atomic E-state index is 0. The maximum Gasteiger partial charge on any atom is 0.220 e. The van der Waals surface area contributed by atoms with Crippen LogP contribution in [0.15, 0.2) is 24.3 Å². The fourth-order valence-electron chi connectivity index (χ4n) is 1.72. The van der Waals surface area contributed by atoms with Crippen LogP contribution in [0, 0.1) is 5.82 Å². The summed E-state index contributed by atoms with van der Waals surface area (Å²) in [4.78, 5) is 11.8. The second kappa shape index (κ2) is 7.46. The summed E-state index contributed by atoms with van der Waals surface area (Å²) in [5.74, 6) is -0.369. The number of hydrogen-bond acceptors (Lipinski definition) is 2. The second-order valence-corrected chi connectivity index (χ2v) is 5.20. The van der Waals surface area contributed by atoms with Crippen molar-refractivity contribution in [2.75, 3.05) is 0 Å². The lowest BCUT2D eigenvalue weighted by Crippen LogP contribution is -2.41. The lowest BCUT2D eigenvalue weighted by atomic mass is 9.94. The first-order valence-corrected chi connectivity index (χ1v) is 6.14. The van der Waals surface area contributed by atoms with E-state index in [-0.39, 0.29) is 30.2 Å². The minimum Gasteiger partial charge on any atom is -0.347 e. The molecule has 1 amide bonds. The van der Waals surface area contributed by atoms with E-state index in [1.807, 2.05) is 20.8 Å². The van der Waals surface area contributed by atoms with Crippen molar-refractivity contribution in [3.63, 3.8) is 0 Å². The highest BCUT2D eigenvalue weighted by atomic mass is 35.5. The smallest absolute Gasteiger partial charge is 0.220 e. The van der Waals surface area contributed by atoms with Crippen LogP contribution in [0.25, 0.3) is 0 Å². The molecule has 19 heavy (non-hydrogen) atoms. The molecule has 0 radical (unpaired) electrons. The number of halogens is 2. The van der Waals surface area contributed by atoms with Crippen LogP contribution in [0.5, 0.6) is 0 Å². The maximum absolute atomic E-state index is 13.2. The molecule has 0 aliphatic heterocycles. The van der Waals surface area contributed by atoms with E-state index in [4.69, 9.17) is 5.73 Å². The van der Waals surface area contributed by atoms with E-state index in [1.54, 1.807) is 12.1 Å². The predicted octanol–water partition coefficient (Wildman–Crippen LogP) is 2.73. The standard InChI is InChI=1S/C14H21FN2O.ClH/c1-10(16)7-8-13(18)17-14(2,3)11-5-4-6-12(15)9-11;/h4-6,9-10H,7-8,16H2,1-3H3,(H,17,18);1H. The highest BCUT2D eigenvalue weighted by Gasteiger charge is 2.23. The summed E-state index contributed by atoms with van der Waals surface area (Å²) in [6, 6.07) is 6.27. The number of amides is 1. The average Bonchev–Trinajstić information content (AvgIpc) is 2.26. The summed E-state index contributed by atoms with van der Waals surface area (Å²) in [6.45, 7) is 5.57. The van der Waals surface area contributed by atoms with Crippen LogP contribution in [-0.2, 0) is 10.3 Å². The Kier molecular flexibility index (Phi) is 7.01. The van der Waals surface area contributed by atoms with Gasteiger partial charge in [0.05, 0.1) is 5.54 Å². The normalized spacial score (nSPS) is 12.5. The van der Waals surface area contributed by atoms with Crippen LogP contribution < -0.4 is 11.1 Å². The maximum atomic E-state index is 13.2. The van der Waals surface area contributed by atoms with Gasteiger partial charge in [-0.25, -0.2) is 4.39 Å². The Morgan fingerprint density at radius 2 is 2.11 bits per heavy atom. The Morgan fingerprint density at radius 3 is 2.63 bits per heavy atom. The van der Waals surface area contributed by atoms with Crippen LogP contribution >= 0.6 is 12.4 Å². The number of benzene rings is 1. The molecule has 0 saturated carbocycles. The van der Waals surface area contributed by atoms with Crippen LogP contribution in [0.4, 0.5) is 4.39 Å². The largest absolute Gasteiger partial charge is 0.347 e. The Balaban J connectivity index is 0.00000324. The third-order valence-electron chi connectivity index (χ3n) is 2.82. The van der Waals surface area contributed by atoms with Gasteiger partial charge in [-0.15, -0.1) is 12.4 Å². The molecule has 3 nitrogen and oxygen atoms in total. The number of carbonyl (C=O) groups is 1. The molecule has 108 valence electrons. The van der Waals surface area contributed by atoms with Gasteiger partial charge in [0, 0.05) is 12.5 Å². The van der Waals surface area contributed by atoms with Crippen LogP contribution in [0.1, 0.15) is 39.2 Å². The highest BCUT2D eigenvalue weighted by molar-refractivity contribution is 5.85. The number of nitrogens with one attached hydrogen (secondary N) is 1. The van der Waals surface area contributed by atoms with Crippen molar-refractivity contribution in [1.29, 1.82) is 0 Å². The van der Waals surface area contributed by atoms with Gasteiger partial charge >= 0.3 is 0 Å². The van der Waals surface area contributed by atoms with E-state index in [0.29, 0.717) is 12.8 Å². The third-order valence-corrected chi connectivity index (χ3v) is 2.82. The summed E-state index contributed by atoms with van der Waals surface area (Å²) < 4.78 is 13.2. The van der Waals surface area contributed by atoms with Crippen LogP contribution in [0.2, 0.25) is 0 Å². The SMILES string of the molecule is CC(N)CCC(=O)NC(C)(C)c1cccc(F)c1.Cl. The molecule has 3 N–H and O–H groups in total. The van der Waals surface area contributed by atoms with E-state index in [1.165, 1.54) is 12.1 Å². The first kappa shape index (κ1) is 17.9. The number of hydrogen-bond donors (Lipinski definition) is 2. The molecule has 0 saturated heterocycles. The Labute approximate surface area is 120 Å². The molecule has 0 fully saturated rings. The summed E-state index contributed by atoms with van der Waals surface area (Å²) in [5.41, 5.74) is 5.77. The summed E-state index contributed by atoms with van der Waals surface area (Å²) in [6.07, 6.45) is 1.03. The van der Waals surface area contributed by atoms with Gasteiger partial charge in [0.1, 0.15) is 5.82 Å². The minimum atomic E-state index is -0.586. The Hall–Kier alpha value is -1.13. The number of nitrogens with two attached hydrogens (primary N) is 1. The van der Waals surface area contributed by atoms with Crippen LogP contribution in [-0.4, -0.2) is 11.9 Å². The Morgan fingerprint density at radius 1 is 1.47 bits per heavy atom. The monoisotopic (exact) mass is 288 g/mol. The molecule has 0 aliphatic carbocycles. The molecular formula is C14H22ClFN2O. The van der Waals surface area contributed by atoms with Crippen molar-refractivity contribution in [2.24, 2.45) is 5.73 Å². The lowest BCUT2D eigenvalue weighted by molar-refractivity contribution is -0.122. The first-order chi connectivity index (χ1) is 8.31. The Bertz CT molecular complexity index is 422. The van der Waals surface area contributed by atoms with Crippen molar-refractivity contribution in [2.45, 2.75) is 45.2 Å². The van der Waals surface area contributed by atoms with Gasteiger partial charge in [-0.3, -0.25) is 4.79 Å². The van der Waals surface area contributed by atoms with Crippen molar-refractivity contribution in [1.82, 2.24) is 5.32 Å². The molecule has 0 spiro atoms. The molecule has 0 heterocycles. The van der Waals surface area contributed by atoms with Gasteiger partial charge < -0.3 is 11.1 Å². The zero-order valence-electron chi connectivity index (χ0n) is 11.6. The van der Waals surface area contributed by atoms with Gasteiger partial charge in [0.25, 0.3) is 0 Å². The van der Waals surface area contributed by atoms with Crippen LogP contribution in [0.3, 0.4) is 0 Å². The summed E-state index contributed by atoms with van der Waals surface area (Å²) in [7, 11) is 0. The molecule has 5 heteroatoms. The molecular weight excluding hydrogens is 267 g/mol. The zero-order chi connectivity index (χ0) is 13.8. The third kappa shape index (κ3) is 6.03. The van der Waals surface area contributed by atoms with Gasteiger partial charge in [0.2, 0.25) is 5.91 Å². The fourth-order valence-corrected chi connectivity index (χ4v) is 1.72. The van der Waals surface area contributed by atoms with E-state index in [9.17, 15) is 9.18 Å². The first-order valence-electron chi connectivity index (χ1n) is 6.14. The highest BCUT2D eigenvalue weighted by Crippen LogP contribution is 2.20. The number of rotatable bonds is 5. The molecule has 0 bridgehead atoms. The average molecular weight is 289 g/mol. The molecule has 0 aliphatic rings. The zero-order valence-corrected chi connectivity index (χ0v) is 12.4. The number of carbonyl (C=O) groups excluding carboxylic acids is 1. The molecule has 0 aromatic heterocycles. The van der Waals surface area contributed by atoms with Gasteiger partial charge in [0.15, 0.2) is 0 Å². The quantitative estimate of drug-likeness (QED) is 0.875. The van der Waals surface area contributed by atoms with E-state index < -0.39 is 5.54 Å². The predicted molar refractivity (Wildman–Crippen MR) is 77.7 cm³/mol. The van der Waals surface area contributed by atoms with Crippen molar-refractivity contribution in [3.05, 3.63) is 35.6 Å². The van der Waals surface area contributed by atoms with Crippen molar-refractivity contribution in [3.8, 4) is 0 Å². The topological polar surface area (TPSA) is 55.1 Å². The second-order valence-electron chi connectivity index (χ2n) is 5.20. The van der Waals surface area contributed by atoms with E-state index in [0.717, 1.165) is 5.56 Å². The molecule has 1 atom stereocenters. The molecule has 1 aromatic rings. The van der Waals surface area contributed by atoms with Gasteiger partial charge in [-0.2, -0.15) is 0 Å². The van der Waals surface area contributed by atoms with Crippen molar-refractivity contribution >= 4 is 18.3 Å². The molecule has 1 unspecified atom stereocenters. The van der Waals surface area contributed by atoms with E-state index >= 15 is 0 Å². The van der Waals surface area contributed by atoms with E-state index in [2.05, 4.69) is 5.32 Å². The van der Waals surface area contributed by atoms with Gasteiger partial charge in [-0.05, 0) is 44.9 Å². The fraction of sp³-hybridized carbons (Fsp3) is 0.500. The summed E-state index contributed by atoms with van der Waals surface area (Å²) >= 11 is 0. The lowest BCUT2D eigenvalue weighted by Gasteiger charge is -2.27. The summed E-state index contributed by atoms with van der Waals surface area (Å²) in [5, 5.41) is 2.89. The van der Waals surface area contributed by atoms with Gasteiger partial charge in [-0.1, -0.05) is 12.1 Å². The van der Waals surface area contributed by atoms with Crippen molar-refractivity contribution < 1.29 is 9.18 Å². The molecule has 1 rings (SSSR count). The molecule has 1 aromatic carbocycles.